The summed E-state index contributed by atoms with van der Waals surface area (Å²) >= 11 is 0. The summed E-state index contributed by atoms with van der Waals surface area (Å²) in [5.41, 5.74) is 0. The van der Waals surface area contributed by atoms with Gasteiger partial charge in [-0.2, -0.15) is 4.98 Å². The molecule has 3 rings (SSSR count). The summed E-state index contributed by atoms with van der Waals surface area (Å²) in [7, 11) is 1.58. The first-order valence-electron chi connectivity index (χ1n) is 7.71. The number of hydrogen-bond acceptors (Lipinski definition) is 8. The second kappa shape index (κ2) is 7.26. The fourth-order valence-corrected chi connectivity index (χ4v) is 2.52. The van der Waals surface area contributed by atoms with Crippen LogP contribution in [0.5, 0.6) is 5.88 Å². The fraction of sp³-hybridized carbons (Fsp3) is 0.467. The van der Waals surface area contributed by atoms with Gasteiger partial charge in [-0.1, -0.05) is 5.16 Å². The number of anilines is 2. The van der Waals surface area contributed by atoms with E-state index in [9.17, 15) is 4.79 Å². The molecule has 0 spiro atoms. The Kier molecular flexibility index (Phi) is 4.90. The lowest BCUT2D eigenvalue weighted by Gasteiger charge is -2.34. The third-order valence-corrected chi connectivity index (χ3v) is 3.74. The van der Waals surface area contributed by atoms with Crippen molar-refractivity contribution < 1.29 is 14.1 Å². The van der Waals surface area contributed by atoms with Crippen molar-refractivity contribution in [3.05, 3.63) is 24.1 Å². The molecule has 9 nitrogen and oxygen atoms in total. The van der Waals surface area contributed by atoms with Gasteiger partial charge >= 0.3 is 0 Å². The molecular formula is C15H20N6O3. The van der Waals surface area contributed by atoms with Gasteiger partial charge in [0.1, 0.15) is 5.76 Å². The summed E-state index contributed by atoms with van der Waals surface area (Å²) in [6.45, 7) is 5.12. The number of aryl methyl sites for hydroxylation is 1. The Morgan fingerprint density at radius 3 is 2.83 bits per heavy atom. The number of hydrogen-bond donors (Lipinski definition) is 1. The van der Waals surface area contributed by atoms with E-state index in [0.717, 1.165) is 26.2 Å². The van der Waals surface area contributed by atoms with Crippen molar-refractivity contribution in [1.82, 2.24) is 20.0 Å². The van der Waals surface area contributed by atoms with Crippen molar-refractivity contribution in [2.45, 2.75) is 6.92 Å². The molecule has 0 saturated carbocycles. The highest BCUT2D eigenvalue weighted by atomic mass is 16.5. The molecule has 1 fully saturated rings. The van der Waals surface area contributed by atoms with Crippen LogP contribution in [-0.4, -0.2) is 65.8 Å². The zero-order valence-corrected chi connectivity index (χ0v) is 13.7. The largest absolute Gasteiger partial charge is 0.481 e. The molecule has 1 amide bonds. The molecule has 9 heteroatoms. The van der Waals surface area contributed by atoms with Crippen LogP contribution >= 0.6 is 0 Å². The Balaban J connectivity index is 1.48. The van der Waals surface area contributed by atoms with Gasteiger partial charge in [-0.3, -0.25) is 9.69 Å². The first-order chi connectivity index (χ1) is 11.6. The normalized spacial score (nSPS) is 15.3. The minimum absolute atomic E-state index is 0.102. The van der Waals surface area contributed by atoms with Crippen LogP contribution in [0.3, 0.4) is 0 Å². The number of amides is 1. The maximum atomic E-state index is 12.0. The van der Waals surface area contributed by atoms with Crippen molar-refractivity contribution in [1.29, 1.82) is 0 Å². The molecule has 2 aromatic rings. The van der Waals surface area contributed by atoms with Gasteiger partial charge in [0.2, 0.25) is 17.7 Å². The summed E-state index contributed by atoms with van der Waals surface area (Å²) in [5.74, 6) is 2.20. The SMILES string of the molecule is COc1ccnc(N2CCN(CC(=O)Nc3cc(C)on3)CC2)n1. The smallest absolute Gasteiger partial charge is 0.239 e. The third-order valence-electron chi connectivity index (χ3n) is 3.74. The average Bonchev–Trinajstić information content (AvgIpc) is 3.00. The first kappa shape index (κ1) is 16.2. The minimum Gasteiger partial charge on any atom is -0.481 e. The lowest BCUT2D eigenvalue weighted by molar-refractivity contribution is -0.117. The molecule has 0 aliphatic carbocycles. The van der Waals surface area contributed by atoms with Crippen LogP contribution in [0.25, 0.3) is 0 Å². The number of rotatable bonds is 5. The summed E-state index contributed by atoms with van der Waals surface area (Å²) in [6, 6.07) is 3.41. The Morgan fingerprint density at radius 2 is 2.17 bits per heavy atom. The standard InChI is InChI=1S/C15H20N6O3/c1-11-9-12(19-24-11)17-13(22)10-20-5-7-21(8-6-20)15-16-4-3-14(18-15)23-2/h3-4,9H,5-8,10H2,1-2H3,(H,17,19,22). The minimum atomic E-state index is -0.102. The van der Waals surface area contributed by atoms with E-state index in [1.54, 1.807) is 32.4 Å². The van der Waals surface area contributed by atoms with Crippen LogP contribution in [0.1, 0.15) is 5.76 Å². The van der Waals surface area contributed by atoms with Gasteiger partial charge in [0.15, 0.2) is 5.82 Å². The van der Waals surface area contributed by atoms with E-state index in [4.69, 9.17) is 9.26 Å². The zero-order chi connectivity index (χ0) is 16.9. The number of ether oxygens (including phenoxy) is 1. The van der Waals surface area contributed by atoms with E-state index in [1.807, 2.05) is 0 Å². The van der Waals surface area contributed by atoms with Crippen LogP contribution in [0.4, 0.5) is 11.8 Å². The second-order valence-electron chi connectivity index (χ2n) is 5.53. The van der Waals surface area contributed by atoms with Gasteiger partial charge in [0.25, 0.3) is 0 Å². The maximum Gasteiger partial charge on any atom is 0.239 e. The highest BCUT2D eigenvalue weighted by molar-refractivity contribution is 5.91. The van der Waals surface area contributed by atoms with E-state index >= 15 is 0 Å². The predicted octanol–water partition coefficient (Wildman–Crippen LogP) is 0.542. The van der Waals surface area contributed by atoms with Gasteiger partial charge in [-0.25, -0.2) is 4.98 Å². The van der Waals surface area contributed by atoms with E-state index in [1.165, 1.54) is 0 Å². The summed E-state index contributed by atoms with van der Waals surface area (Å²) in [5, 5.41) is 6.48. The molecule has 1 N–H and O–H groups in total. The highest BCUT2D eigenvalue weighted by Crippen LogP contribution is 2.14. The number of carbonyl (C=O) groups excluding carboxylic acids is 1. The zero-order valence-electron chi connectivity index (χ0n) is 13.7. The topological polar surface area (TPSA) is 96.6 Å². The molecule has 1 aliphatic rings. The fourth-order valence-electron chi connectivity index (χ4n) is 2.52. The van der Waals surface area contributed by atoms with Crippen LogP contribution in [0.2, 0.25) is 0 Å². The number of methoxy groups -OCH3 is 1. The first-order valence-corrected chi connectivity index (χ1v) is 7.71. The molecule has 3 heterocycles. The second-order valence-corrected chi connectivity index (χ2v) is 5.53. The van der Waals surface area contributed by atoms with Crippen molar-refractivity contribution in [2.24, 2.45) is 0 Å². The van der Waals surface area contributed by atoms with Crippen LogP contribution in [0, 0.1) is 6.92 Å². The van der Waals surface area contributed by atoms with E-state index in [0.29, 0.717) is 30.0 Å². The molecule has 0 aromatic carbocycles. The van der Waals surface area contributed by atoms with Crippen molar-refractivity contribution in [3.63, 3.8) is 0 Å². The van der Waals surface area contributed by atoms with Crippen LogP contribution in [-0.2, 0) is 4.79 Å². The van der Waals surface area contributed by atoms with Crippen molar-refractivity contribution >= 4 is 17.7 Å². The average molecular weight is 332 g/mol. The van der Waals surface area contributed by atoms with E-state index in [2.05, 4.69) is 30.2 Å². The monoisotopic (exact) mass is 332 g/mol. The van der Waals surface area contributed by atoms with Gasteiger partial charge in [0, 0.05) is 44.5 Å². The van der Waals surface area contributed by atoms with Gasteiger partial charge in [-0.05, 0) is 6.92 Å². The molecule has 0 unspecified atom stereocenters. The molecule has 0 atom stereocenters. The van der Waals surface area contributed by atoms with Gasteiger partial charge < -0.3 is 19.5 Å². The predicted molar refractivity (Wildman–Crippen MR) is 87.1 cm³/mol. The maximum absolute atomic E-state index is 12.0. The molecule has 0 bridgehead atoms. The summed E-state index contributed by atoms with van der Waals surface area (Å²) < 4.78 is 10.1. The van der Waals surface area contributed by atoms with Crippen molar-refractivity contribution in [2.75, 3.05) is 50.1 Å². The molecule has 128 valence electrons. The number of nitrogens with one attached hydrogen (secondary N) is 1. The molecule has 0 radical (unpaired) electrons. The molecule has 1 aliphatic heterocycles. The number of aromatic nitrogens is 3. The van der Waals surface area contributed by atoms with Gasteiger partial charge in [0.05, 0.1) is 13.7 Å². The summed E-state index contributed by atoms with van der Waals surface area (Å²) in [4.78, 5) is 24.8. The Bertz CT molecular complexity index is 696. The Labute approximate surface area is 139 Å². The molecular weight excluding hydrogens is 312 g/mol. The van der Waals surface area contributed by atoms with Crippen LogP contribution < -0.4 is 15.0 Å². The lowest BCUT2D eigenvalue weighted by Crippen LogP contribution is -2.49. The van der Waals surface area contributed by atoms with E-state index in [-0.39, 0.29) is 5.91 Å². The third kappa shape index (κ3) is 3.99. The Morgan fingerprint density at radius 1 is 1.38 bits per heavy atom. The van der Waals surface area contributed by atoms with Gasteiger partial charge in [-0.15, -0.1) is 0 Å². The molecule has 2 aromatic heterocycles. The number of nitrogens with zero attached hydrogens (tertiary/aromatic N) is 5. The van der Waals surface area contributed by atoms with Crippen LogP contribution in [0.15, 0.2) is 22.9 Å². The Hall–Kier alpha value is -2.68. The highest BCUT2D eigenvalue weighted by Gasteiger charge is 2.21. The summed E-state index contributed by atoms with van der Waals surface area (Å²) in [6.07, 6.45) is 1.68. The van der Waals surface area contributed by atoms with E-state index < -0.39 is 0 Å². The number of piperazine rings is 1. The molecule has 24 heavy (non-hydrogen) atoms. The number of carbonyl (C=O) groups is 1. The quantitative estimate of drug-likeness (QED) is 0.847. The van der Waals surface area contributed by atoms with Crippen molar-refractivity contribution in [3.8, 4) is 5.88 Å². The lowest BCUT2D eigenvalue weighted by atomic mass is 10.3. The molecule has 1 saturated heterocycles.